The van der Waals surface area contributed by atoms with Crippen LogP contribution in [0.5, 0.6) is 0 Å². The summed E-state index contributed by atoms with van der Waals surface area (Å²) < 4.78 is 0. The van der Waals surface area contributed by atoms with Gasteiger partial charge < -0.3 is 21.5 Å². The van der Waals surface area contributed by atoms with Gasteiger partial charge in [-0.2, -0.15) is 0 Å². The van der Waals surface area contributed by atoms with Gasteiger partial charge in [-0.1, -0.05) is 56.9 Å². The average molecular weight is 540 g/mol. The molecule has 40 heavy (non-hydrogen) atoms. The molecule has 0 bridgehead atoms. The largest absolute Gasteiger partial charge is 0.388 e. The number of anilines is 1. The molecule has 5 N–H and O–H groups in total. The second kappa shape index (κ2) is 14.2. The van der Waals surface area contributed by atoms with Gasteiger partial charge in [-0.05, 0) is 77.9 Å². The summed E-state index contributed by atoms with van der Waals surface area (Å²) in [5, 5.41) is 14.4. The molecule has 0 aliphatic carbocycles. The van der Waals surface area contributed by atoms with Crippen molar-refractivity contribution in [1.29, 1.82) is 0 Å². The maximum atomic E-state index is 12.4. The maximum absolute atomic E-state index is 12.4. The van der Waals surface area contributed by atoms with Gasteiger partial charge in [0.25, 0.3) is 5.91 Å². The zero-order chi connectivity index (χ0) is 29.1. The van der Waals surface area contributed by atoms with Crippen LogP contribution in [0.4, 0.5) is 5.69 Å². The fourth-order valence-electron chi connectivity index (χ4n) is 3.96. The third-order valence-corrected chi connectivity index (χ3v) is 6.44. The van der Waals surface area contributed by atoms with Crippen molar-refractivity contribution in [3.63, 3.8) is 0 Å². The van der Waals surface area contributed by atoms with E-state index in [1.54, 1.807) is 24.3 Å². The highest BCUT2D eigenvalue weighted by atomic mass is 16.3. The number of nitrogens with one attached hydrogen (secondary N) is 2. The Morgan fingerprint density at radius 1 is 0.875 bits per heavy atom. The topological polar surface area (TPSA) is 122 Å². The Bertz CT molecular complexity index is 1360. The van der Waals surface area contributed by atoms with Crippen LogP contribution in [0.1, 0.15) is 66.2 Å². The van der Waals surface area contributed by atoms with Gasteiger partial charge in [0.2, 0.25) is 5.91 Å². The molecule has 0 aromatic heterocycles. The van der Waals surface area contributed by atoms with Crippen molar-refractivity contribution < 1.29 is 19.5 Å². The van der Waals surface area contributed by atoms with Crippen LogP contribution in [0, 0.1) is 11.8 Å². The Hall–Kier alpha value is -4.25. The molecule has 0 fully saturated rings. The highest BCUT2D eigenvalue weighted by Crippen LogP contribution is 2.22. The normalized spacial score (nSPS) is 11.6. The first-order chi connectivity index (χ1) is 19.1. The minimum Gasteiger partial charge on any atom is -0.388 e. The lowest BCUT2D eigenvalue weighted by atomic mass is 9.86. The predicted octanol–water partition coefficient (Wildman–Crippen LogP) is 3.96. The molecule has 0 unspecified atom stereocenters. The number of carbonyl (C=O) groups excluding carboxylic acids is 3. The van der Waals surface area contributed by atoms with Crippen molar-refractivity contribution in [2.75, 3.05) is 18.5 Å². The smallest absolute Gasteiger partial charge is 0.251 e. The molecule has 0 heterocycles. The molecule has 7 heteroatoms. The van der Waals surface area contributed by atoms with Crippen LogP contribution in [0.2, 0.25) is 0 Å². The van der Waals surface area contributed by atoms with Gasteiger partial charge in [-0.25, -0.2) is 0 Å². The third kappa shape index (κ3) is 9.19. The first-order valence-electron chi connectivity index (χ1n) is 13.3. The molecular formula is C33H37N3O4. The first kappa shape index (κ1) is 30.3. The molecule has 0 aliphatic rings. The van der Waals surface area contributed by atoms with Crippen LogP contribution in [-0.4, -0.2) is 41.9 Å². The molecule has 208 valence electrons. The number of ketones is 1. The van der Waals surface area contributed by atoms with Gasteiger partial charge in [0.05, 0.1) is 0 Å². The van der Waals surface area contributed by atoms with E-state index in [1.807, 2.05) is 24.3 Å². The van der Waals surface area contributed by atoms with Crippen molar-refractivity contribution in [3.05, 3.63) is 101 Å². The summed E-state index contributed by atoms with van der Waals surface area (Å²) in [4.78, 5) is 36.3. The summed E-state index contributed by atoms with van der Waals surface area (Å²) in [7, 11) is 0. The summed E-state index contributed by atoms with van der Waals surface area (Å²) in [6, 6.07) is 21.6. The molecule has 0 aliphatic heterocycles. The summed E-state index contributed by atoms with van der Waals surface area (Å²) >= 11 is 0. The molecule has 3 aromatic carbocycles. The van der Waals surface area contributed by atoms with Crippen LogP contribution in [-0.2, 0) is 21.4 Å². The van der Waals surface area contributed by atoms with Crippen molar-refractivity contribution in [3.8, 4) is 11.8 Å². The summed E-state index contributed by atoms with van der Waals surface area (Å²) in [6.45, 7) is 5.81. The number of carbonyl (C=O) groups is 3. The predicted molar refractivity (Wildman–Crippen MR) is 158 cm³/mol. The monoisotopic (exact) mass is 539 g/mol. The van der Waals surface area contributed by atoms with Crippen LogP contribution < -0.4 is 16.4 Å². The molecule has 0 saturated carbocycles. The average Bonchev–Trinajstić information content (AvgIpc) is 2.95. The lowest BCUT2D eigenvalue weighted by Crippen LogP contribution is -2.46. The lowest BCUT2D eigenvalue weighted by molar-refractivity contribution is -0.123. The SMILES string of the molecule is CC(C)(C)c1ccc(CCCC(=O)Nc2ccc(C#Cc3ccc(C(=O)N[C@@H](CN)C(=O)CO)cc3)cc2)cc1. The minimum atomic E-state index is -0.929. The molecule has 0 saturated heterocycles. The molecule has 7 nitrogen and oxygen atoms in total. The number of hydrogen-bond acceptors (Lipinski definition) is 5. The van der Waals surface area contributed by atoms with Crippen LogP contribution in [0.15, 0.2) is 72.8 Å². The fourth-order valence-corrected chi connectivity index (χ4v) is 3.96. The van der Waals surface area contributed by atoms with Crippen molar-refractivity contribution in [2.24, 2.45) is 5.73 Å². The van der Waals surface area contributed by atoms with E-state index in [0.717, 1.165) is 24.1 Å². The van der Waals surface area contributed by atoms with Crippen LogP contribution in [0.25, 0.3) is 0 Å². The number of hydrogen-bond donors (Lipinski definition) is 4. The second-order valence-electron chi connectivity index (χ2n) is 10.6. The molecule has 1 atom stereocenters. The van der Waals surface area contributed by atoms with Crippen molar-refractivity contribution >= 4 is 23.3 Å². The van der Waals surface area contributed by atoms with Gasteiger partial charge in [-0.3, -0.25) is 14.4 Å². The van der Waals surface area contributed by atoms with Gasteiger partial charge in [0.1, 0.15) is 12.6 Å². The molecule has 2 amide bonds. The zero-order valence-electron chi connectivity index (χ0n) is 23.3. The second-order valence-corrected chi connectivity index (χ2v) is 10.6. The van der Waals surface area contributed by atoms with E-state index in [2.05, 4.69) is 67.5 Å². The Kier molecular flexibility index (Phi) is 10.8. The van der Waals surface area contributed by atoms with Crippen molar-refractivity contribution in [2.45, 2.75) is 51.5 Å². The Morgan fingerprint density at radius 2 is 1.45 bits per heavy atom. The standard InChI is InChI=1S/C33H37N3O4/c1-33(2,3)27-17-11-23(12-18-27)5-4-6-31(39)35-28-19-13-25(14-20-28)8-7-24-9-15-26(16-10-24)32(40)36-29(21-34)30(38)22-37/h9-20,29,37H,4-6,21-22,34H2,1-3H3,(H,35,39)(H,36,40)/t29-/m0/s1. The van der Waals surface area contributed by atoms with Crippen LogP contribution in [0.3, 0.4) is 0 Å². The summed E-state index contributed by atoms with van der Waals surface area (Å²) in [5.74, 6) is 5.10. The Morgan fingerprint density at radius 3 is 1.98 bits per heavy atom. The lowest BCUT2D eigenvalue weighted by Gasteiger charge is -2.19. The number of amides is 2. The van der Waals surface area contributed by atoms with E-state index in [0.29, 0.717) is 17.5 Å². The minimum absolute atomic E-state index is 0.0206. The highest BCUT2D eigenvalue weighted by molar-refractivity contribution is 5.98. The number of nitrogens with two attached hydrogens (primary N) is 1. The molecule has 0 spiro atoms. The number of Topliss-reactive ketones (excluding diaryl/α,β-unsaturated/α-hetero) is 1. The number of aliphatic hydroxyl groups is 1. The number of aryl methyl sites for hydroxylation is 1. The fraction of sp³-hybridized carbons (Fsp3) is 0.303. The molecular weight excluding hydrogens is 502 g/mol. The molecule has 3 aromatic rings. The van der Waals surface area contributed by atoms with Gasteiger partial charge in [0.15, 0.2) is 5.78 Å². The summed E-state index contributed by atoms with van der Waals surface area (Å²) in [5.41, 5.74) is 10.7. The summed E-state index contributed by atoms with van der Waals surface area (Å²) in [6.07, 6.45) is 2.08. The number of aliphatic hydroxyl groups excluding tert-OH is 1. The van der Waals surface area contributed by atoms with E-state index in [1.165, 1.54) is 11.1 Å². The quantitative estimate of drug-likeness (QED) is 0.291. The van der Waals surface area contributed by atoms with Gasteiger partial charge >= 0.3 is 0 Å². The third-order valence-electron chi connectivity index (χ3n) is 6.44. The van der Waals surface area contributed by atoms with E-state index >= 15 is 0 Å². The van der Waals surface area contributed by atoms with Crippen LogP contribution >= 0.6 is 0 Å². The number of benzene rings is 3. The zero-order valence-corrected chi connectivity index (χ0v) is 23.3. The molecule has 0 radical (unpaired) electrons. The van der Waals surface area contributed by atoms with Gasteiger partial charge in [0, 0.05) is 35.3 Å². The maximum Gasteiger partial charge on any atom is 0.251 e. The van der Waals surface area contributed by atoms with E-state index in [9.17, 15) is 14.4 Å². The molecule has 3 rings (SSSR count). The Labute approximate surface area is 236 Å². The van der Waals surface area contributed by atoms with Crippen molar-refractivity contribution in [1.82, 2.24) is 5.32 Å². The van der Waals surface area contributed by atoms with E-state index in [4.69, 9.17) is 10.8 Å². The number of rotatable bonds is 10. The van der Waals surface area contributed by atoms with E-state index < -0.39 is 24.3 Å². The highest BCUT2D eigenvalue weighted by Gasteiger charge is 2.19. The Balaban J connectivity index is 1.47. The van der Waals surface area contributed by atoms with Gasteiger partial charge in [-0.15, -0.1) is 0 Å². The van der Waals surface area contributed by atoms with E-state index in [-0.39, 0.29) is 17.9 Å². The first-order valence-corrected chi connectivity index (χ1v) is 13.3.